The van der Waals surface area contributed by atoms with Crippen molar-refractivity contribution in [1.82, 2.24) is 0 Å². The Labute approximate surface area is 99.9 Å². The number of rotatable bonds is 6. The van der Waals surface area contributed by atoms with Crippen LogP contribution in [-0.4, -0.2) is 15.9 Å². The molecule has 0 N–H and O–H groups in total. The fourth-order valence-electron chi connectivity index (χ4n) is 0.906. The maximum Gasteiger partial charge on any atom is 2.00 e. The van der Waals surface area contributed by atoms with Gasteiger partial charge in [-0.1, -0.05) is 39.5 Å². The minimum atomic E-state index is -0.100. The van der Waals surface area contributed by atoms with Gasteiger partial charge in [-0.3, -0.25) is 0 Å². The summed E-state index contributed by atoms with van der Waals surface area (Å²) in [4.78, 5) is 0. The van der Waals surface area contributed by atoms with E-state index in [4.69, 9.17) is 12.2 Å². The van der Waals surface area contributed by atoms with Gasteiger partial charge in [0, 0.05) is 0 Å². The van der Waals surface area contributed by atoms with Crippen LogP contribution in [0.2, 0.25) is 0 Å². The van der Waals surface area contributed by atoms with E-state index in [0.29, 0.717) is 0 Å². The second-order valence-electron chi connectivity index (χ2n) is 2.86. The van der Waals surface area contributed by atoms with Crippen molar-refractivity contribution in [3.8, 4) is 0 Å². The van der Waals surface area contributed by atoms with Gasteiger partial charge in [0.15, 0.2) is 0 Å². The largest absolute Gasteiger partial charge is 2.00 e. The van der Waals surface area contributed by atoms with Gasteiger partial charge in [0.1, 0.15) is 0 Å². The Morgan fingerprint density at radius 1 is 1.15 bits per heavy atom. The van der Waals surface area contributed by atoms with Gasteiger partial charge in [0.2, 0.25) is 0 Å². The van der Waals surface area contributed by atoms with Crippen LogP contribution in [-0.2, 0) is 27.4 Å². The molecule has 0 aliphatic rings. The summed E-state index contributed by atoms with van der Waals surface area (Å²) in [6.07, 6.45) is 4.63. The first-order valence-corrected chi connectivity index (χ1v) is 6.58. The van der Waals surface area contributed by atoms with Crippen molar-refractivity contribution in [3.63, 3.8) is 0 Å². The molecule has 82 valence electrons. The molecule has 0 aromatic heterocycles. The minimum absolute atomic E-state index is 0. The smallest absolute Gasteiger partial charge is 0.884 e. The number of unbranched alkanes of at least 4 members (excludes halogenated alkanes) is 2. The van der Waals surface area contributed by atoms with Crippen LogP contribution in [0.3, 0.4) is 0 Å². The molecular formula is C9H18NiOS2. The third-order valence-corrected chi connectivity index (χ3v) is 4.47. The van der Waals surface area contributed by atoms with E-state index in [1.807, 2.05) is 0 Å². The second-order valence-corrected chi connectivity index (χ2v) is 5.66. The predicted octanol–water partition coefficient (Wildman–Crippen LogP) is 1.85. The van der Waals surface area contributed by atoms with Crippen molar-refractivity contribution in [2.45, 2.75) is 39.5 Å². The van der Waals surface area contributed by atoms with E-state index < -0.39 is 0 Å². The van der Waals surface area contributed by atoms with E-state index in [-0.39, 0.29) is 31.8 Å². The first kappa shape index (κ1) is 16.2. The molecule has 13 heavy (non-hydrogen) atoms. The first-order chi connectivity index (χ1) is 5.72. The summed E-state index contributed by atoms with van der Waals surface area (Å²) < 4.78 is -0.00287. The summed E-state index contributed by atoms with van der Waals surface area (Å²) in [6.45, 7) is 4.30. The fourth-order valence-corrected chi connectivity index (χ4v) is 3.22. The zero-order valence-electron chi connectivity index (χ0n) is 8.28. The average Bonchev–Trinajstić information content (AvgIpc) is 2.04. The molecule has 0 saturated carbocycles. The van der Waals surface area contributed by atoms with Gasteiger partial charge in [-0.15, -0.1) is 23.7 Å². The van der Waals surface area contributed by atoms with E-state index in [2.05, 4.69) is 13.8 Å². The summed E-state index contributed by atoms with van der Waals surface area (Å²) in [5.74, 6) is 2.05. The zero-order valence-corrected chi connectivity index (χ0v) is 10.9. The Hall–Kier alpha value is 0.734. The van der Waals surface area contributed by atoms with Gasteiger partial charge in [-0.25, -0.2) is 0 Å². The van der Waals surface area contributed by atoms with Crippen LogP contribution in [0.4, 0.5) is 0 Å². The van der Waals surface area contributed by atoms with E-state index >= 15 is 0 Å². The summed E-state index contributed by atoms with van der Waals surface area (Å²) in [7, 11) is -0.100. The molecule has 0 aliphatic heterocycles. The van der Waals surface area contributed by atoms with Crippen molar-refractivity contribution >= 4 is 27.5 Å². The van der Waals surface area contributed by atoms with Gasteiger partial charge in [0.25, 0.3) is 0 Å². The Morgan fingerprint density at radius 2 is 1.54 bits per heavy atom. The monoisotopic (exact) mass is 264 g/mol. The van der Waals surface area contributed by atoms with Crippen LogP contribution in [0, 0.1) is 0 Å². The van der Waals surface area contributed by atoms with Gasteiger partial charge in [-0.2, -0.15) is 4.38 Å². The van der Waals surface area contributed by atoms with E-state index in [1.54, 1.807) is 0 Å². The Kier molecular flexibility index (Phi) is 13.5. The molecule has 1 nitrogen and oxygen atoms in total. The Balaban J connectivity index is 0. The molecule has 0 fully saturated rings. The molecule has 0 aromatic rings. The number of hydrogen-bond acceptors (Lipinski definition) is 3. The summed E-state index contributed by atoms with van der Waals surface area (Å²) in [5, 5.41) is 11.0. The Morgan fingerprint density at radius 3 is 1.77 bits per heavy atom. The van der Waals surface area contributed by atoms with Crippen molar-refractivity contribution in [2.24, 2.45) is 0 Å². The molecule has 0 aromatic carbocycles. The standard InChI is InChI=1S/C9H19OS2.Ni/c1-3-5-7-12(9(10)11)8-6-4-2;/h3-8H2,1-2H3,(H,10,11);/q-1;+2/p-1. The van der Waals surface area contributed by atoms with Crippen LogP contribution >= 0.6 is 12.2 Å². The fraction of sp³-hybridized carbons (Fsp3) is 0.889. The molecule has 0 amide bonds. The van der Waals surface area contributed by atoms with Crippen molar-refractivity contribution in [3.05, 3.63) is 0 Å². The summed E-state index contributed by atoms with van der Waals surface area (Å²) in [6, 6.07) is 0. The molecule has 0 spiro atoms. The van der Waals surface area contributed by atoms with Crippen molar-refractivity contribution in [1.29, 1.82) is 0 Å². The third kappa shape index (κ3) is 9.05. The predicted molar refractivity (Wildman–Crippen MR) is 59.5 cm³/mol. The number of hydrogen-bond donors (Lipinski definition) is 0. The molecule has 0 bridgehead atoms. The van der Waals surface area contributed by atoms with E-state index in [0.717, 1.165) is 37.2 Å². The molecule has 0 heterocycles. The van der Waals surface area contributed by atoms with Gasteiger partial charge in [0.05, 0.1) is 0 Å². The quantitative estimate of drug-likeness (QED) is 0.415. The van der Waals surface area contributed by atoms with Crippen LogP contribution in [0.25, 0.3) is 0 Å². The molecule has 4 heteroatoms. The van der Waals surface area contributed by atoms with Gasteiger partial charge >= 0.3 is 16.5 Å². The average molecular weight is 265 g/mol. The van der Waals surface area contributed by atoms with Crippen LogP contribution in [0.1, 0.15) is 39.5 Å². The molecule has 0 saturated heterocycles. The zero-order chi connectivity index (χ0) is 9.40. The molecule has 0 rings (SSSR count). The molecule has 0 atom stereocenters. The normalized spacial score (nSPS) is 10.5. The van der Waals surface area contributed by atoms with Crippen molar-refractivity contribution < 1.29 is 21.6 Å². The van der Waals surface area contributed by atoms with Crippen LogP contribution < -0.4 is 5.11 Å². The molecule has 0 aliphatic carbocycles. The van der Waals surface area contributed by atoms with Gasteiger partial charge in [-0.05, 0) is 0 Å². The third-order valence-electron chi connectivity index (χ3n) is 1.72. The summed E-state index contributed by atoms with van der Waals surface area (Å²) >= 11 is 4.70. The van der Waals surface area contributed by atoms with Crippen LogP contribution in [0.5, 0.6) is 0 Å². The molecule has 0 radical (unpaired) electrons. The van der Waals surface area contributed by atoms with Gasteiger partial charge < -0.3 is 16.0 Å². The first-order valence-electron chi connectivity index (χ1n) is 4.60. The maximum absolute atomic E-state index is 11.0. The molecular weight excluding hydrogens is 247 g/mol. The minimum Gasteiger partial charge on any atom is -0.884 e. The van der Waals surface area contributed by atoms with Crippen LogP contribution in [0.15, 0.2) is 0 Å². The van der Waals surface area contributed by atoms with E-state index in [1.165, 1.54) is 0 Å². The maximum atomic E-state index is 11.0. The SMILES string of the molecule is CCCC[S-](CCCC)C([O-])=S.[Ni+2]. The molecule has 0 unspecified atom stereocenters. The topological polar surface area (TPSA) is 23.1 Å². The second kappa shape index (κ2) is 10.8. The van der Waals surface area contributed by atoms with E-state index in [9.17, 15) is 5.11 Å². The summed E-state index contributed by atoms with van der Waals surface area (Å²) in [5.41, 5.74) is 0. The van der Waals surface area contributed by atoms with Crippen molar-refractivity contribution in [2.75, 3.05) is 11.5 Å². The number of thiocarbonyl (C=S) groups is 1. The Bertz CT molecular complexity index is 123.